The predicted octanol–water partition coefficient (Wildman–Crippen LogP) is 3.35. The molecule has 174 valence electrons. The van der Waals surface area contributed by atoms with Crippen molar-refractivity contribution in [2.24, 2.45) is 5.92 Å². The van der Waals surface area contributed by atoms with Gasteiger partial charge in [-0.2, -0.15) is 0 Å². The number of fused-ring (bicyclic) bond motifs is 1. The van der Waals surface area contributed by atoms with E-state index in [2.05, 4.69) is 35.9 Å². The normalized spacial score (nSPS) is 17.9. The van der Waals surface area contributed by atoms with E-state index >= 15 is 0 Å². The lowest BCUT2D eigenvalue weighted by atomic mass is 9.85. The zero-order valence-electron chi connectivity index (χ0n) is 19.2. The Morgan fingerprint density at radius 2 is 1.79 bits per heavy atom. The van der Waals surface area contributed by atoms with Crippen molar-refractivity contribution in [3.63, 3.8) is 0 Å². The van der Waals surface area contributed by atoms with E-state index in [1.165, 1.54) is 6.33 Å². The van der Waals surface area contributed by atoms with Crippen molar-refractivity contribution in [3.8, 4) is 11.4 Å². The van der Waals surface area contributed by atoms with Crippen molar-refractivity contribution >= 4 is 28.9 Å². The summed E-state index contributed by atoms with van der Waals surface area (Å²) in [6, 6.07) is 4.17. The van der Waals surface area contributed by atoms with Gasteiger partial charge in [0.2, 0.25) is 11.9 Å². The number of hydrogen-bond acceptors (Lipinski definition) is 8. The number of imidazole rings is 1. The molecule has 5 rings (SSSR count). The molecule has 0 radical (unpaired) electrons. The molecule has 0 atom stereocenters. The van der Waals surface area contributed by atoms with Gasteiger partial charge in [0.05, 0.1) is 41.4 Å². The molecule has 4 heterocycles. The third-order valence-electron chi connectivity index (χ3n) is 6.25. The van der Waals surface area contributed by atoms with E-state index < -0.39 is 0 Å². The second-order valence-electron chi connectivity index (χ2n) is 8.57. The highest BCUT2D eigenvalue weighted by Gasteiger charge is 2.26. The Morgan fingerprint density at radius 1 is 1.00 bits per heavy atom. The molecule has 0 unspecified atom stereocenters. The molecular formula is C24H27N9O. The molecule has 1 aliphatic rings. The van der Waals surface area contributed by atoms with Crippen LogP contribution in [0.5, 0.6) is 0 Å². The summed E-state index contributed by atoms with van der Waals surface area (Å²) in [4.78, 5) is 33.9. The Labute approximate surface area is 197 Å². The first kappa shape index (κ1) is 21.7. The molecule has 1 amide bonds. The van der Waals surface area contributed by atoms with Gasteiger partial charge in [-0.25, -0.2) is 24.9 Å². The molecule has 0 spiro atoms. The first-order valence-electron chi connectivity index (χ1n) is 11.4. The minimum atomic E-state index is 0.0981. The molecule has 0 saturated heterocycles. The third kappa shape index (κ3) is 4.52. The van der Waals surface area contributed by atoms with Crippen molar-refractivity contribution in [1.29, 1.82) is 0 Å². The fourth-order valence-electron chi connectivity index (χ4n) is 4.42. The summed E-state index contributed by atoms with van der Waals surface area (Å²) in [6.45, 7) is 2.00. The molecule has 4 aromatic heterocycles. The number of hydrogen-bond donors (Lipinski definition) is 3. The number of aryl methyl sites for hydroxylation is 1. The largest absolute Gasteiger partial charge is 0.359 e. The van der Waals surface area contributed by atoms with Crippen LogP contribution in [0.25, 0.3) is 17.0 Å². The molecule has 34 heavy (non-hydrogen) atoms. The van der Waals surface area contributed by atoms with Crippen molar-refractivity contribution in [2.75, 3.05) is 17.7 Å². The standard InChI is InChI=1S/C24H27N9O/c1-15-9-29-24(31-17-5-3-16(4-6-17)23(34)25-2)32-22(15)20-12-28-21-8-7-18(13-33(20)21)30-19-10-26-14-27-11-19/h7-14,16-17,30H,3-6H2,1-2H3,(H,25,34)(H,29,31,32). The highest BCUT2D eigenvalue weighted by atomic mass is 16.1. The van der Waals surface area contributed by atoms with Crippen LogP contribution in [0, 0.1) is 12.8 Å². The van der Waals surface area contributed by atoms with Crippen LogP contribution in [-0.4, -0.2) is 48.3 Å². The highest BCUT2D eigenvalue weighted by Crippen LogP contribution is 2.28. The zero-order chi connectivity index (χ0) is 23.5. The molecule has 4 aromatic rings. The van der Waals surface area contributed by atoms with Crippen LogP contribution in [0.15, 0.2) is 49.4 Å². The molecule has 1 saturated carbocycles. The van der Waals surface area contributed by atoms with Gasteiger partial charge in [-0.15, -0.1) is 0 Å². The topological polar surface area (TPSA) is 122 Å². The van der Waals surface area contributed by atoms with Gasteiger partial charge in [0.1, 0.15) is 12.0 Å². The van der Waals surface area contributed by atoms with Gasteiger partial charge >= 0.3 is 0 Å². The van der Waals surface area contributed by atoms with E-state index in [0.717, 1.165) is 59.7 Å². The summed E-state index contributed by atoms with van der Waals surface area (Å²) < 4.78 is 2.01. The summed E-state index contributed by atoms with van der Waals surface area (Å²) in [5.74, 6) is 0.823. The number of rotatable bonds is 6. The van der Waals surface area contributed by atoms with Crippen LogP contribution in [0.4, 0.5) is 17.3 Å². The van der Waals surface area contributed by atoms with Crippen LogP contribution < -0.4 is 16.0 Å². The van der Waals surface area contributed by atoms with E-state index in [9.17, 15) is 4.79 Å². The zero-order valence-corrected chi connectivity index (χ0v) is 19.2. The van der Waals surface area contributed by atoms with Crippen molar-refractivity contribution in [3.05, 3.63) is 55.0 Å². The maximum atomic E-state index is 11.9. The van der Waals surface area contributed by atoms with Gasteiger partial charge in [-0.05, 0) is 50.3 Å². The maximum absolute atomic E-state index is 11.9. The lowest BCUT2D eigenvalue weighted by Gasteiger charge is -2.28. The van der Waals surface area contributed by atoms with Crippen LogP contribution in [0.3, 0.4) is 0 Å². The van der Waals surface area contributed by atoms with Gasteiger partial charge in [0.25, 0.3) is 0 Å². The van der Waals surface area contributed by atoms with E-state index in [1.807, 2.05) is 42.0 Å². The van der Waals surface area contributed by atoms with Crippen LogP contribution in [0.1, 0.15) is 31.2 Å². The lowest BCUT2D eigenvalue weighted by molar-refractivity contribution is -0.125. The lowest BCUT2D eigenvalue weighted by Crippen LogP contribution is -2.34. The second kappa shape index (κ2) is 9.42. The average Bonchev–Trinajstić information content (AvgIpc) is 3.29. The third-order valence-corrected chi connectivity index (χ3v) is 6.25. The Morgan fingerprint density at radius 3 is 2.56 bits per heavy atom. The van der Waals surface area contributed by atoms with Gasteiger partial charge in [0.15, 0.2) is 0 Å². The Bertz CT molecular complexity index is 1300. The minimum absolute atomic E-state index is 0.0981. The van der Waals surface area contributed by atoms with Crippen LogP contribution in [0.2, 0.25) is 0 Å². The molecule has 1 fully saturated rings. The number of nitrogens with zero attached hydrogens (tertiary/aromatic N) is 6. The van der Waals surface area contributed by atoms with Gasteiger partial charge < -0.3 is 16.0 Å². The van der Waals surface area contributed by atoms with E-state index in [4.69, 9.17) is 4.98 Å². The number of carbonyl (C=O) groups excluding carboxylic acids is 1. The summed E-state index contributed by atoms with van der Waals surface area (Å²) >= 11 is 0. The van der Waals surface area contributed by atoms with Crippen molar-refractivity contribution in [2.45, 2.75) is 38.6 Å². The van der Waals surface area contributed by atoms with Crippen LogP contribution >= 0.6 is 0 Å². The quantitative estimate of drug-likeness (QED) is 0.403. The molecule has 10 heteroatoms. The Kier molecular flexibility index (Phi) is 6.03. The van der Waals surface area contributed by atoms with Crippen molar-refractivity contribution in [1.82, 2.24) is 34.6 Å². The molecule has 0 aliphatic heterocycles. The second-order valence-corrected chi connectivity index (χ2v) is 8.57. The molecule has 0 aromatic carbocycles. The molecule has 0 bridgehead atoms. The highest BCUT2D eigenvalue weighted by molar-refractivity contribution is 5.78. The fourth-order valence-corrected chi connectivity index (χ4v) is 4.42. The first-order valence-corrected chi connectivity index (χ1v) is 11.4. The van der Waals surface area contributed by atoms with Gasteiger partial charge in [-0.1, -0.05) is 0 Å². The number of pyridine rings is 1. The number of carbonyl (C=O) groups is 1. The SMILES string of the molecule is CNC(=O)C1CCC(Nc2ncc(C)c(-c3cnc4ccc(Nc5cncnc5)cn34)n2)CC1. The Hall–Kier alpha value is -4.08. The number of anilines is 3. The van der Waals surface area contributed by atoms with E-state index in [0.29, 0.717) is 5.95 Å². The average molecular weight is 458 g/mol. The van der Waals surface area contributed by atoms with Gasteiger partial charge in [-0.3, -0.25) is 9.20 Å². The van der Waals surface area contributed by atoms with Crippen molar-refractivity contribution < 1.29 is 4.79 Å². The van der Waals surface area contributed by atoms with Crippen LogP contribution in [-0.2, 0) is 4.79 Å². The molecule has 10 nitrogen and oxygen atoms in total. The molecule has 1 aliphatic carbocycles. The first-order chi connectivity index (χ1) is 16.6. The van der Waals surface area contributed by atoms with E-state index in [1.54, 1.807) is 19.4 Å². The minimum Gasteiger partial charge on any atom is -0.359 e. The fraction of sp³-hybridized carbons (Fsp3) is 0.333. The number of aromatic nitrogens is 6. The summed E-state index contributed by atoms with van der Waals surface area (Å²) in [5, 5.41) is 9.54. The van der Waals surface area contributed by atoms with E-state index in [-0.39, 0.29) is 17.9 Å². The predicted molar refractivity (Wildman–Crippen MR) is 130 cm³/mol. The summed E-state index contributed by atoms with van der Waals surface area (Å²) in [6.07, 6.45) is 14.2. The maximum Gasteiger partial charge on any atom is 0.223 e. The molecular weight excluding hydrogens is 430 g/mol. The number of nitrogens with one attached hydrogen (secondary N) is 3. The summed E-state index contributed by atoms with van der Waals surface area (Å²) in [5.41, 5.74) is 5.19. The number of amides is 1. The molecule has 3 N–H and O–H groups in total. The smallest absolute Gasteiger partial charge is 0.223 e. The monoisotopic (exact) mass is 457 g/mol. The Balaban J connectivity index is 1.37. The van der Waals surface area contributed by atoms with Gasteiger partial charge in [0, 0.05) is 31.4 Å². The summed E-state index contributed by atoms with van der Waals surface area (Å²) in [7, 11) is 1.70.